The van der Waals surface area contributed by atoms with Crippen LogP contribution in [0.2, 0.25) is 0 Å². The van der Waals surface area contributed by atoms with Crippen LogP contribution >= 0.6 is 0 Å². The molecule has 19 heavy (non-hydrogen) atoms. The molecular weight excluding hydrogens is 242 g/mol. The van der Waals surface area contributed by atoms with Crippen molar-refractivity contribution in [3.8, 4) is 0 Å². The lowest BCUT2D eigenvalue weighted by Crippen LogP contribution is -2.28. The molecule has 1 aromatic carbocycles. The van der Waals surface area contributed by atoms with E-state index < -0.39 is 6.10 Å². The molecule has 0 aliphatic heterocycles. The van der Waals surface area contributed by atoms with E-state index in [1.54, 1.807) is 12.1 Å². The van der Waals surface area contributed by atoms with Crippen molar-refractivity contribution in [3.05, 3.63) is 59.0 Å². The minimum Gasteiger partial charge on any atom is -0.467 e. The van der Waals surface area contributed by atoms with Crippen LogP contribution in [-0.2, 0) is 0 Å². The Morgan fingerprint density at radius 1 is 1.37 bits per heavy atom. The Balaban J connectivity index is 2.00. The zero-order valence-electron chi connectivity index (χ0n) is 11.0. The van der Waals surface area contributed by atoms with Gasteiger partial charge in [0.1, 0.15) is 11.9 Å². The molecule has 0 radical (unpaired) electrons. The van der Waals surface area contributed by atoms with Gasteiger partial charge in [0.25, 0.3) is 5.91 Å². The molecule has 0 spiro atoms. The van der Waals surface area contributed by atoms with E-state index in [-0.39, 0.29) is 12.5 Å². The first-order valence-corrected chi connectivity index (χ1v) is 6.15. The minimum atomic E-state index is -0.830. The van der Waals surface area contributed by atoms with Crippen molar-refractivity contribution in [1.82, 2.24) is 5.32 Å². The quantitative estimate of drug-likeness (QED) is 0.886. The van der Waals surface area contributed by atoms with Gasteiger partial charge in [0, 0.05) is 5.56 Å². The third-order valence-electron chi connectivity index (χ3n) is 2.97. The summed E-state index contributed by atoms with van der Waals surface area (Å²) in [7, 11) is 0. The molecule has 2 N–H and O–H groups in total. The molecule has 0 saturated carbocycles. The van der Waals surface area contributed by atoms with E-state index in [0.717, 1.165) is 11.1 Å². The van der Waals surface area contributed by atoms with Gasteiger partial charge in [-0.2, -0.15) is 0 Å². The molecule has 0 aliphatic carbocycles. The first-order valence-electron chi connectivity index (χ1n) is 6.15. The van der Waals surface area contributed by atoms with E-state index in [4.69, 9.17) is 4.42 Å². The zero-order valence-corrected chi connectivity index (χ0v) is 11.0. The molecule has 1 atom stereocenters. The van der Waals surface area contributed by atoms with Crippen LogP contribution in [0.15, 0.2) is 41.0 Å². The molecule has 0 aliphatic rings. The highest BCUT2D eigenvalue weighted by Gasteiger charge is 2.14. The first kappa shape index (κ1) is 13.4. The summed E-state index contributed by atoms with van der Waals surface area (Å²) in [4.78, 5) is 12.0. The SMILES string of the molecule is Cc1ccc(C)c(C(=O)NCC(O)c2ccco2)c1. The highest BCUT2D eigenvalue weighted by Crippen LogP contribution is 2.13. The molecule has 0 saturated heterocycles. The molecule has 0 bridgehead atoms. The average Bonchev–Trinajstić information content (AvgIpc) is 2.92. The maximum absolute atomic E-state index is 12.0. The average molecular weight is 259 g/mol. The van der Waals surface area contributed by atoms with Gasteiger partial charge < -0.3 is 14.8 Å². The van der Waals surface area contributed by atoms with Gasteiger partial charge in [0.2, 0.25) is 0 Å². The minimum absolute atomic E-state index is 0.125. The van der Waals surface area contributed by atoms with Gasteiger partial charge in [-0.3, -0.25) is 4.79 Å². The molecule has 1 heterocycles. The normalized spacial score (nSPS) is 12.2. The monoisotopic (exact) mass is 259 g/mol. The van der Waals surface area contributed by atoms with Crippen LogP contribution in [0.4, 0.5) is 0 Å². The molecule has 0 fully saturated rings. The maximum atomic E-state index is 12.0. The summed E-state index contributed by atoms with van der Waals surface area (Å²) in [5.74, 6) is 0.257. The molecule has 4 nitrogen and oxygen atoms in total. The van der Waals surface area contributed by atoms with Crippen molar-refractivity contribution in [3.63, 3.8) is 0 Å². The number of nitrogens with one attached hydrogen (secondary N) is 1. The van der Waals surface area contributed by atoms with Gasteiger partial charge in [0.15, 0.2) is 0 Å². The van der Waals surface area contributed by atoms with E-state index in [1.165, 1.54) is 6.26 Å². The van der Waals surface area contributed by atoms with Gasteiger partial charge in [-0.15, -0.1) is 0 Å². The van der Waals surface area contributed by atoms with Crippen LogP contribution in [0.5, 0.6) is 0 Å². The van der Waals surface area contributed by atoms with Gasteiger partial charge in [-0.1, -0.05) is 17.7 Å². The smallest absolute Gasteiger partial charge is 0.251 e. The number of aliphatic hydroxyl groups excluding tert-OH is 1. The molecular formula is C15H17NO3. The number of carbonyl (C=O) groups is 1. The molecule has 1 unspecified atom stereocenters. The molecule has 4 heteroatoms. The van der Waals surface area contributed by atoms with Gasteiger partial charge in [-0.25, -0.2) is 0 Å². The van der Waals surface area contributed by atoms with E-state index in [9.17, 15) is 9.90 Å². The highest BCUT2D eigenvalue weighted by molar-refractivity contribution is 5.95. The van der Waals surface area contributed by atoms with Crippen LogP contribution in [0.1, 0.15) is 33.3 Å². The summed E-state index contributed by atoms with van der Waals surface area (Å²) in [5, 5.41) is 12.5. The van der Waals surface area contributed by atoms with E-state index in [1.807, 2.05) is 32.0 Å². The van der Waals surface area contributed by atoms with Crippen LogP contribution < -0.4 is 5.32 Å². The number of hydrogen-bond acceptors (Lipinski definition) is 3. The van der Waals surface area contributed by atoms with E-state index >= 15 is 0 Å². The Hall–Kier alpha value is -2.07. The second kappa shape index (κ2) is 5.71. The summed E-state index contributed by atoms with van der Waals surface area (Å²) < 4.78 is 5.07. The Morgan fingerprint density at radius 3 is 2.84 bits per heavy atom. The van der Waals surface area contributed by atoms with Crippen molar-refractivity contribution in [2.75, 3.05) is 6.54 Å². The Morgan fingerprint density at radius 2 is 2.16 bits per heavy atom. The van der Waals surface area contributed by atoms with E-state index in [0.29, 0.717) is 11.3 Å². The number of carbonyl (C=O) groups excluding carboxylic acids is 1. The Kier molecular flexibility index (Phi) is 4.02. The predicted molar refractivity (Wildman–Crippen MR) is 71.9 cm³/mol. The molecule has 100 valence electrons. The molecule has 2 aromatic rings. The van der Waals surface area contributed by atoms with E-state index in [2.05, 4.69) is 5.32 Å². The second-order valence-corrected chi connectivity index (χ2v) is 4.56. The number of aryl methyl sites for hydroxylation is 2. The summed E-state index contributed by atoms with van der Waals surface area (Å²) in [6.45, 7) is 3.95. The summed E-state index contributed by atoms with van der Waals surface area (Å²) >= 11 is 0. The summed E-state index contributed by atoms with van der Waals surface area (Å²) in [5.41, 5.74) is 2.57. The molecule has 2 rings (SSSR count). The van der Waals surface area contributed by atoms with Gasteiger partial charge >= 0.3 is 0 Å². The van der Waals surface area contributed by atoms with Crippen molar-refractivity contribution in [1.29, 1.82) is 0 Å². The van der Waals surface area contributed by atoms with Crippen molar-refractivity contribution >= 4 is 5.91 Å². The van der Waals surface area contributed by atoms with Crippen LogP contribution in [0.25, 0.3) is 0 Å². The fraction of sp³-hybridized carbons (Fsp3) is 0.267. The standard InChI is InChI=1S/C15H17NO3/c1-10-5-6-11(2)12(8-10)15(18)16-9-13(17)14-4-3-7-19-14/h3-8,13,17H,9H2,1-2H3,(H,16,18). The number of amides is 1. The summed E-state index contributed by atoms with van der Waals surface area (Å²) in [6, 6.07) is 9.08. The largest absolute Gasteiger partial charge is 0.467 e. The maximum Gasteiger partial charge on any atom is 0.251 e. The number of furan rings is 1. The molecule has 1 aromatic heterocycles. The zero-order chi connectivity index (χ0) is 13.8. The number of aliphatic hydroxyl groups is 1. The van der Waals surface area contributed by atoms with Gasteiger partial charge in [0.05, 0.1) is 12.8 Å². The topological polar surface area (TPSA) is 62.5 Å². The number of hydrogen-bond donors (Lipinski definition) is 2. The second-order valence-electron chi connectivity index (χ2n) is 4.56. The van der Waals surface area contributed by atoms with Crippen molar-refractivity contribution < 1.29 is 14.3 Å². The number of benzene rings is 1. The lowest BCUT2D eigenvalue weighted by Gasteiger charge is -2.11. The lowest BCUT2D eigenvalue weighted by molar-refractivity contribution is 0.0900. The van der Waals surface area contributed by atoms with Crippen LogP contribution in [0.3, 0.4) is 0 Å². The van der Waals surface area contributed by atoms with Crippen LogP contribution in [-0.4, -0.2) is 17.6 Å². The van der Waals surface area contributed by atoms with Crippen molar-refractivity contribution in [2.45, 2.75) is 20.0 Å². The Labute approximate surface area is 112 Å². The van der Waals surface area contributed by atoms with Crippen LogP contribution in [0, 0.1) is 13.8 Å². The summed E-state index contributed by atoms with van der Waals surface area (Å²) in [6.07, 6.45) is 0.662. The third-order valence-corrected chi connectivity index (χ3v) is 2.97. The van der Waals surface area contributed by atoms with Crippen molar-refractivity contribution in [2.24, 2.45) is 0 Å². The fourth-order valence-corrected chi connectivity index (χ4v) is 1.85. The fourth-order valence-electron chi connectivity index (χ4n) is 1.85. The lowest BCUT2D eigenvalue weighted by atomic mass is 10.1. The number of rotatable bonds is 4. The third kappa shape index (κ3) is 3.23. The Bertz CT molecular complexity index is 561. The first-order chi connectivity index (χ1) is 9.08. The highest BCUT2D eigenvalue weighted by atomic mass is 16.4. The van der Waals surface area contributed by atoms with Gasteiger partial charge in [-0.05, 0) is 37.6 Å². The predicted octanol–water partition coefficient (Wildman–Crippen LogP) is 2.36. The molecule has 1 amide bonds.